The number of aliphatic hydroxyl groups is 1. The molecular weight excluding hydrogens is 472 g/mol. The molecule has 0 aliphatic rings. The SMILES string of the molecule is O=C(Nc1c(C(O)(C(F)(F)F)C(F)(F)F)ccc2ccccc12)c1ccc(-c2ccccc2)cc1. The standard InChI is InChI=1S/C26H17F6NO2/c27-25(28,29)24(35,26(30,31)32)21-15-14-18-8-4-5-9-20(18)22(21)33-23(34)19-12-10-17(11-13-19)16-6-2-1-3-7-16/h1-15,35H,(H,33,34). The van der Waals surface area contributed by atoms with E-state index >= 15 is 0 Å². The van der Waals surface area contributed by atoms with Crippen LogP contribution in [0.25, 0.3) is 21.9 Å². The lowest BCUT2D eigenvalue weighted by molar-refractivity contribution is -0.375. The molecule has 35 heavy (non-hydrogen) atoms. The highest BCUT2D eigenvalue weighted by Gasteiger charge is 2.72. The summed E-state index contributed by atoms with van der Waals surface area (Å²) in [6.45, 7) is 0. The van der Waals surface area contributed by atoms with E-state index < -0.39 is 35.1 Å². The lowest BCUT2D eigenvalue weighted by atomic mass is 9.88. The highest BCUT2D eigenvalue weighted by molar-refractivity contribution is 6.10. The summed E-state index contributed by atoms with van der Waals surface area (Å²) in [6, 6.07) is 22.4. The Balaban J connectivity index is 1.81. The van der Waals surface area contributed by atoms with Gasteiger partial charge in [-0.2, -0.15) is 26.3 Å². The van der Waals surface area contributed by atoms with E-state index in [9.17, 15) is 36.2 Å². The first-order valence-corrected chi connectivity index (χ1v) is 10.3. The van der Waals surface area contributed by atoms with E-state index in [1.165, 1.54) is 36.4 Å². The monoisotopic (exact) mass is 489 g/mol. The van der Waals surface area contributed by atoms with Crippen molar-refractivity contribution in [2.75, 3.05) is 5.32 Å². The third kappa shape index (κ3) is 4.35. The average molecular weight is 489 g/mol. The van der Waals surface area contributed by atoms with E-state index in [2.05, 4.69) is 5.32 Å². The zero-order valence-corrected chi connectivity index (χ0v) is 17.8. The first kappa shape index (κ1) is 24.3. The predicted octanol–water partition coefficient (Wildman–Crippen LogP) is 7.07. The molecule has 0 heterocycles. The molecule has 0 bridgehead atoms. The normalized spacial score (nSPS) is 12.5. The number of alkyl halides is 6. The third-order valence-corrected chi connectivity index (χ3v) is 5.63. The van der Waals surface area contributed by atoms with E-state index in [1.54, 1.807) is 12.1 Å². The fourth-order valence-corrected chi connectivity index (χ4v) is 3.80. The molecule has 3 nitrogen and oxygen atoms in total. The molecule has 0 saturated carbocycles. The molecule has 2 N–H and O–H groups in total. The number of benzene rings is 4. The molecule has 0 aliphatic heterocycles. The van der Waals surface area contributed by atoms with Gasteiger partial charge in [-0.1, -0.05) is 78.9 Å². The van der Waals surface area contributed by atoms with Crippen LogP contribution in [-0.4, -0.2) is 23.4 Å². The van der Waals surface area contributed by atoms with Gasteiger partial charge in [0.1, 0.15) is 0 Å². The van der Waals surface area contributed by atoms with Crippen LogP contribution >= 0.6 is 0 Å². The van der Waals surface area contributed by atoms with E-state index in [0.29, 0.717) is 6.07 Å². The number of halogens is 6. The van der Waals surface area contributed by atoms with E-state index in [1.807, 2.05) is 30.3 Å². The molecule has 0 fully saturated rings. The summed E-state index contributed by atoms with van der Waals surface area (Å²) in [6.07, 6.45) is -12.2. The van der Waals surface area contributed by atoms with Crippen molar-refractivity contribution in [2.45, 2.75) is 18.0 Å². The summed E-state index contributed by atoms with van der Waals surface area (Å²) in [5.41, 5.74) is -5.88. The second-order valence-corrected chi connectivity index (χ2v) is 7.81. The average Bonchev–Trinajstić information content (AvgIpc) is 2.83. The Labute approximate surface area is 195 Å². The minimum absolute atomic E-state index is 0.00567. The highest BCUT2D eigenvalue weighted by Crippen LogP contribution is 2.53. The largest absolute Gasteiger partial charge is 0.430 e. The first-order valence-electron chi connectivity index (χ1n) is 10.3. The van der Waals surface area contributed by atoms with E-state index in [-0.39, 0.29) is 16.3 Å². The van der Waals surface area contributed by atoms with Crippen LogP contribution in [0.4, 0.5) is 32.0 Å². The molecule has 0 aromatic heterocycles. The molecule has 4 rings (SSSR count). The van der Waals surface area contributed by atoms with Crippen molar-refractivity contribution >= 4 is 22.4 Å². The number of rotatable bonds is 4. The number of carbonyl (C=O) groups is 1. The second kappa shape index (κ2) is 8.74. The van der Waals surface area contributed by atoms with Gasteiger partial charge in [0, 0.05) is 16.5 Å². The molecular formula is C26H17F6NO2. The lowest BCUT2D eigenvalue weighted by Gasteiger charge is -2.34. The van der Waals surface area contributed by atoms with Crippen LogP contribution in [0.15, 0.2) is 91.0 Å². The third-order valence-electron chi connectivity index (χ3n) is 5.63. The smallest absolute Gasteiger partial charge is 0.369 e. The van der Waals surface area contributed by atoms with Crippen molar-refractivity contribution in [2.24, 2.45) is 0 Å². The Morgan fingerprint density at radius 2 is 1.20 bits per heavy atom. The Morgan fingerprint density at radius 1 is 0.657 bits per heavy atom. The Bertz CT molecular complexity index is 1350. The second-order valence-electron chi connectivity index (χ2n) is 7.81. The summed E-state index contributed by atoms with van der Waals surface area (Å²) in [4.78, 5) is 12.9. The quantitative estimate of drug-likeness (QED) is 0.301. The number of hydrogen-bond acceptors (Lipinski definition) is 2. The number of hydrogen-bond donors (Lipinski definition) is 2. The van der Waals surface area contributed by atoms with Crippen molar-refractivity contribution < 1.29 is 36.2 Å². The van der Waals surface area contributed by atoms with Gasteiger partial charge in [0.05, 0.1) is 5.69 Å². The maximum absolute atomic E-state index is 13.6. The highest BCUT2D eigenvalue weighted by atomic mass is 19.4. The molecule has 0 atom stereocenters. The number of anilines is 1. The minimum Gasteiger partial charge on any atom is -0.369 e. The van der Waals surface area contributed by atoms with Crippen LogP contribution in [0.1, 0.15) is 15.9 Å². The fraction of sp³-hybridized carbons (Fsp3) is 0.115. The summed E-state index contributed by atoms with van der Waals surface area (Å²) < 4.78 is 81.9. The van der Waals surface area contributed by atoms with Crippen molar-refractivity contribution in [3.05, 3.63) is 102 Å². The number of nitrogens with one attached hydrogen (secondary N) is 1. The number of fused-ring (bicyclic) bond motifs is 1. The van der Waals surface area contributed by atoms with Crippen LogP contribution in [0.3, 0.4) is 0 Å². The molecule has 4 aromatic rings. The van der Waals surface area contributed by atoms with Crippen molar-refractivity contribution in [3.63, 3.8) is 0 Å². The first-order chi connectivity index (χ1) is 16.4. The van der Waals surface area contributed by atoms with E-state index in [0.717, 1.165) is 17.2 Å². The van der Waals surface area contributed by atoms with Gasteiger partial charge in [0.15, 0.2) is 0 Å². The number of carbonyl (C=O) groups excluding carboxylic acids is 1. The van der Waals surface area contributed by atoms with E-state index in [4.69, 9.17) is 0 Å². The van der Waals surface area contributed by atoms with Crippen LogP contribution in [0, 0.1) is 0 Å². The molecule has 0 saturated heterocycles. The predicted molar refractivity (Wildman–Crippen MR) is 120 cm³/mol. The molecule has 180 valence electrons. The zero-order chi connectivity index (χ0) is 25.4. The van der Waals surface area contributed by atoms with Gasteiger partial charge in [-0.25, -0.2) is 0 Å². The Hall–Kier alpha value is -3.85. The maximum atomic E-state index is 13.6. The molecule has 1 amide bonds. The van der Waals surface area contributed by atoms with Gasteiger partial charge in [-0.3, -0.25) is 4.79 Å². The van der Waals surface area contributed by atoms with Crippen LogP contribution < -0.4 is 5.32 Å². The summed E-state index contributed by atoms with van der Waals surface area (Å²) in [5.74, 6) is -0.936. The van der Waals surface area contributed by atoms with Crippen molar-refractivity contribution in [3.8, 4) is 11.1 Å². The fourth-order valence-electron chi connectivity index (χ4n) is 3.80. The lowest BCUT2D eigenvalue weighted by Crippen LogP contribution is -2.54. The Morgan fingerprint density at radius 3 is 1.80 bits per heavy atom. The molecule has 0 aliphatic carbocycles. The topological polar surface area (TPSA) is 49.3 Å². The van der Waals surface area contributed by atoms with Crippen LogP contribution in [-0.2, 0) is 5.60 Å². The Kier molecular flexibility index (Phi) is 6.06. The van der Waals surface area contributed by atoms with Crippen molar-refractivity contribution in [1.29, 1.82) is 0 Å². The zero-order valence-electron chi connectivity index (χ0n) is 17.8. The molecule has 0 radical (unpaired) electrons. The summed E-state index contributed by atoms with van der Waals surface area (Å²) >= 11 is 0. The van der Waals surface area contributed by atoms with Gasteiger partial charge in [-0.05, 0) is 28.6 Å². The van der Waals surface area contributed by atoms with Gasteiger partial charge in [-0.15, -0.1) is 0 Å². The summed E-state index contributed by atoms with van der Waals surface area (Å²) in [5, 5.41) is 12.4. The molecule has 4 aromatic carbocycles. The maximum Gasteiger partial charge on any atom is 0.430 e. The summed E-state index contributed by atoms with van der Waals surface area (Å²) in [7, 11) is 0. The minimum atomic E-state index is -6.11. The van der Waals surface area contributed by atoms with Gasteiger partial charge in [0.25, 0.3) is 11.5 Å². The van der Waals surface area contributed by atoms with Crippen LogP contribution in [0.5, 0.6) is 0 Å². The number of amides is 1. The van der Waals surface area contributed by atoms with Gasteiger partial charge in [0.2, 0.25) is 0 Å². The van der Waals surface area contributed by atoms with Gasteiger partial charge >= 0.3 is 12.4 Å². The molecule has 0 spiro atoms. The van der Waals surface area contributed by atoms with Crippen molar-refractivity contribution in [1.82, 2.24) is 0 Å². The van der Waals surface area contributed by atoms with Gasteiger partial charge < -0.3 is 10.4 Å². The molecule has 9 heteroatoms. The molecule has 0 unspecified atom stereocenters. The van der Waals surface area contributed by atoms with Crippen LogP contribution in [0.2, 0.25) is 0 Å².